The van der Waals surface area contributed by atoms with Crippen molar-refractivity contribution < 1.29 is 0 Å². The molecule has 0 unspecified atom stereocenters. The number of anilines is 1. The fourth-order valence-corrected chi connectivity index (χ4v) is 3.27. The lowest BCUT2D eigenvalue weighted by Gasteiger charge is -2.33. The van der Waals surface area contributed by atoms with Crippen molar-refractivity contribution in [3.05, 3.63) is 36.0 Å². The van der Waals surface area contributed by atoms with Gasteiger partial charge in [0.15, 0.2) is 0 Å². The molecule has 1 fully saturated rings. The van der Waals surface area contributed by atoms with Gasteiger partial charge in [-0.1, -0.05) is 24.3 Å². The minimum absolute atomic E-state index is 0.193. The standard InChI is InChI=1S/C16H19ClN2/c1-16(2)8-5-9-19(16)15-14-7-4-3-6-13(14)12(10-17)11-18-15/h3-4,6-7,11H,5,8-10H2,1-2H3. The SMILES string of the molecule is CC1(C)CCCN1c1ncc(CCl)c2ccccc12. The first-order chi connectivity index (χ1) is 9.13. The van der Waals surface area contributed by atoms with E-state index in [1.807, 2.05) is 6.20 Å². The van der Waals surface area contributed by atoms with Gasteiger partial charge in [-0.3, -0.25) is 0 Å². The second-order valence-corrected chi connectivity index (χ2v) is 6.12. The molecular formula is C16H19ClN2. The Balaban J connectivity index is 2.20. The Morgan fingerprint density at radius 3 is 2.63 bits per heavy atom. The molecule has 1 saturated heterocycles. The van der Waals surface area contributed by atoms with Gasteiger partial charge in [-0.25, -0.2) is 4.98 Å². The largest absolute Gasteiger partial charge is 0.351 e. The summed E-state index contributed by atoms with van der Waals surface area (Å²) in [4.78, 5) is 7.13. The fraction of sp³-hybridized carbons (Fsp3) is 0.438. The highest BCUT2D eigenvalue weighted by Gasteiger charge is 2.33. The van der Waals surface area contributed by atoms with Crippen LogP contribution in [0.25, 0.3) is 10.8 Å². The third kappa shape index (κ3) is 2.08. The molecule has 0 bridgehead atoms. The van der Waals surface area contributed by atoms with Crippen LogP contribution >= 0.6 is 11.6 Å². The molecule has 1 aromatic heterocycles. The maximum absolute atomic E-state index is 6.02. The molecule has 0 aliphatic carbocycles. The molecule has 0 atom stereocenters. The number of hydrogen-bond acceptors (Lipinski definition) is 2. The van der Waals surface area contributed by atoms with E-state index in [2.05, 4.69) is 43.0 Å². The first kappa shape index (κ1) is 12.7. The molecule has 2 heterocycles. The molecule has 0 saturated carbocycles. The molecule has 3 heteroatoms. The van der Waals surface area contributed by atoms with Crippen LogP contribution in [-0.4, -0.2) is 17.1 Å². The lowest BCUT2D eigenvalue weighted by atomic mass is 10.0. The number of rotatable bonds is 2. The van der Waals surface area contributed by atoms with Gasteiger partial charge in [0.25, 0.3) is 0 Å². The first-order valence-electron chi connectivity index (χ1n) is 6.84. The van der Waals surface area contributed by atoms with Crippen molar-refractivity contribution in [2.24, 2.45) is 0 Å². The van der Waals surface area contributed by atoms with Crippen molar-refractivity contribution in [1.29, 1.82) is 0 Å². The molecule has 3 rings (SSSR count). The second kappa shape index (κ2) is 4.68. The maximum atomic E-state index is 6.02. The molecule has 19 heavy (non-hydrogen) atoms. The highest BCUT2D eigenvalue weighted by molar-refractivity contribution is 6.18. The highest BCUT2D eigenvalue weighted by Crippen LogP contribution is 2.37. The summed E-state index contributed by atoms with van der Waals surface area (Å²) in [5.74, 6) is 1.61. The van der Waals surface area contributed by atoms with E-state index in [4.69, 9.17) is 16.6 Å². The van der Waals surface area contributed by atoms with E-state index in [1.165, 1.54) is 23.6 Å². The van der Waals surface area contributed by atoms with Gasteiger partial charge in [0.05, 0.1) is 0 Å². The van der Waals surface area contributed by atoms with Gasteiger partial charge in [0.1, 0.15) is 5.82 Å². The number of aromatic nitrogens is 1. The summed E-state index contributed by atoms with van der Waals surface area (Å²) in [7, 11) is 0. The van der Waals surface area contributed by atoms with Crippen LogP contribution in [0.5, 0.6) is 0 Å². The Labute approximate surface area is 119 Å². The number of halogens is 1. The molecule has 0 spiro atoms. The van der Waals surface area contributed by atoms with Crippen molar-refractivity contribution >= 4 is 28.2 Å². The summed E-state index contributed by atoms with van der Waals surface area (Å²) >= 11 is 6.02. The van der Waals surface area contributed by atoms with Gasteiger partial charge in [-0.2, -0.15) is 0 Å². The van der Waals surface area contributed by atoms with E-state index in [0.717, 1.165) is 17.9 Å². The zero-order chi connectivity index (χ0) is 13.5. The van der Waals surface area contributed by atoms with Gasteiger partial charge in [0.2, 0.25) is 0 Å². The molecule has 0 amide bonds. The molecule has 1 aliphatic heterocycles. The smallest absolute Gasteiger partial charge is 0.136 e. The Bertz CT molecular complexity index is 607. The molecule has 2 nitrogen and oxygen atoms in total. The van der Waals surface area contributed by atoms with Crippen LogP contribution in [0.1, 0.15) is 32.3 Å². The summed E-state index contributed by atoms with van der Waals surface area (Å²) in [5, 5.41) is 2.45. The zero-order valence-corrected chi connectivity index (χ0v) is 12.2. The van der Waals surface area contributed by atoms with Crippen LogP contribution in [0.3, 0.4) is 0 Å². The molecule has 0 radical (unpaired) electrons. The minimum atomic E-state index is 0.193. The monoisotopic (exact) mass is 274 g/mol. The molecular weight excluding hydrogens is 256 g/mol. The Hall–Kier alpha value is -1.28. The quantitative estimate of drug-likeness (QED) is 0.757. The second-order valence-electron chi connectivity index (χ2n) is 5.85. The average Bonchev–Trinajstić information content (AvgIpc) is 2.77. The van der Waals surface area contributed by atoms with E-state index in [0.29, 0.717) is 5.88 Å². The molecule has 100 valence electrons. The number of hydrogen-bond donors (Lipinski definition) is 0. The van der Waals surface area contributed by atoms with Crippen molar-refractivity contribution in [1.82, 2.24) is 4.98 Å². The third-order valence-corrected chi connectivity index (χ3v) is 4.45. The Kier molecular flexibility index (Phi) is 3.14. The normalized spacial score (nSPS) is 18.2. The molecule has 0 N–H and O–H groups in total. The van der Waals surface area contributed by atoms with Gasteiger partial charge in [-0.15, -0.1) is 11.6 Å². The number of pyridine rings is 1. The van der Waals surface area contributed by atoms with Gasteiger partial charge >= 0.3 is 0 Å². The van der Waals surface area contributed by atoms with E-state index in [9.17, 15) is 0 Å². The number of alkyl halides is 1. The molecule has 1 aromatic carbocycles. The van der Waals surface area contributed by atoms with Gasteiger partial charge in [0, 0.05) is 29.5 Å². The van der Waals surface area contributed by atoms with Crippen LogP contribution in [-0.2, 0) is 5.88 Å². The molecule has 2 aromatic rings. The van der Waals surface area contributed by atoms with E-state index >= 15 is 0 Å². The lowest BCUT2D eigenvalue weighted by molar-refractivity contribution is 0.515. The number of fused-ring (bicyclic) bond motifs is 1. The van der Waals surface area contributed by atoms with Crippen molar-refractivity contribution in [3.63, 3.8) is 0 Å². The summed E-state index contributed by atoms with van der Waals surface area (Å²) in [6, 6.07) is 8.44. The van der Waals surface area contributed by atoms with Crippen LogP contribution in [0.15, 0.2) is 30.5 Å². The summed E-state index contributed by atoms with van der Waals surface area (Å²) in [6.45, 7) is 5.68. The van der Waals surface area contributed by atoms with E-state index in [-0.39, 0.29) is 5.54 Å². The topological polar surface area (TPSA) is 16.1 Å². The summed E-state index contributed by atoms with van der Waals surface area (Å²) < 4.78 is 0. The number of benzene rings is 1. The van der Waals surface area contributed by atoms with Crippen LogP contribution in [0.4, 0.5) is 5.82 Å². The maximum Gasteiger partial charge on any atom is 0.136 e. The Morgan fingerprint density at radius 1 is 1.26 bits per heavy atom. The van der Waals surface area contributed by atoms with Crippen LogP contribution in [0.2, 0.25) is 0 Å². The predicted octanol–water partition coefficient (Wildman–Crippen LogP) is 4.35. The predicted molar refractivity (Wildman–Crippen MR) is 82.0 cm³/mol. The Morgan fingerprint density at radius 2 is 2.00 bits per heavy atom. The van der Waals surface area contributed by atoms with Crippen LogP contribution in [0, 0.1) is 0 Å². The van der Waals surface area contributed by atoms with Crippen LogP contribution < -0.4 is 4.90 Å². The van der Waals surface area contributed by atoms with Crippen molar-refractivity contribution in [2.45, 2.75) is 38.1 Å². The number of nitrogens with zero attached hydrogens (tertiary/aromatic N) is 2. The minimum Gasteiger partial charge on any atom is -0.351 e. The molecule has 1 aliphatic rings. The lowest BCUT2D eigenvalue weighted by Crippen LogP contribution is -2.38. The first-order valence-corrected chi connectivity index (χ1v) is 7.37. The van der Waals surface area contributed by atoms with Crippen molar-refractivity contribution in [3.8, 4) is 0 Å². The average molecular weight is 275 g/mol. The fourth-order valence-electron chi connectivity index (χ4n) is 3.06. The van der Waals surface area contributed by atoms with Gasteiger partial charge < -0.3 is 4.90 Å². The zero-order valence-electron chi connectivity index (χ0n) is 11.5. The van der Waals surface area contributed by atoms with E-state index in [1.54, 1.807) is 0 Å². The third-order valence-electron chi connectivity index (χ3n) is 4.16. The summed E-state index contributed by atoms with van der Waals surface area (Å²) in [6.07, 6.45) is 4.39. The summed E-state index contributed by atoms with van der Waals surface area (Å²) in [5.41, 5.74) is 1.30. The van der Waals surface area contributed by atoms with Crippen molar-refractivity contribution in [2.75, 3.05) is 11.4 Å². The highest BCUT2D eigenvalue weighted by atomic mass is 35.5. The van der Waals surface area contributed by atoms with Gasteiger partial charge in [-0.05, 0) is 37.6 Å². The van der Waals surface area contributed by atoms with E-state index < -0.39 is 0 Å².